The van der Waals surface area contributed by atoms with Gasteiger partial charge in [-0.1, -0.05) is 18.2 Å². The van der Waals surface area contributed by atoms with Crippen LogP contribution in [0.1, 0.15) is 31.0 Å². The molecule has 0 unspecified atom stereocenters. The summed E-state index contributed by atoms with van der Waals surface area (Å²) < 4.78 is 15.3. The van der Waals surface area contributed by atoms with E-state index in [1.54, 1.807) is 13.0 Å². The maximum Gasteiger partial charge on any atom is 0.213 e. The molecule has 0 spiro atoms. The molecule has 5 nitrogen and oxygen atoms in total. The van der Waals surface area contributed by atoms with E-state index in [0.717, 1.165) is 34.9 Å². The van der Waals surface area contributed by atoms with Crippen LogP contribution in [0, 0.1) is 12.9 Å². The fraction of sp³-hybridized carbons (Fsp3) is 0.238. The smallest absolute Gasteiger partial charge is 0.213 e. The number of nitrogens with zero attached hydrogens (tertiary/aromatic N) is 3. The van der Waals surface area contributed by atoms with Gasteiger partial charge in [-0.15, -0.1) is 0 Å². The van der Waals surface area contributed by atoms with Crippen LogP contribution in [0.2, 0.25) is 0 Å². The summed E-state index contributed by atoms with van der Waals surface area (Å²) in [7, 11) is 0. The fourth-order valence-corrected chi connectivity index (χ4v) is 3.96. The lowest BCUT2D eigenvalue weighted by Gasteiger charge is -2.27. The largest absolute Gasteiger partial charge is 0.494 e. The zero-order chi connectivity index (χ0) is 18.7. The number of aryl methyl sites for hydroxylation is 1. The first-order valence-electron chi connectivity index (χ1n) is 9.10. The molecule has 1 aliphatic carbocycles. The van der Waals surface area contributed by atoms with Crippen molar-refractivity contribution in [2.24, 2.45) is 0 Å². The van der Waals surface area contributed by atoms with Gasteiger partial charge in [0, 0.05) is 34.4 Å². The molecule has 3 aromatic heterocycles. The third kappa shape index (κ3) is 2.29. The number of hydrogen-bond acceptors (Lipinski definition) is 4. The standard InChI is InChI=1S/C21H19FN4O/c1-11-13(8-9-17(22)24-11)14-6-3-7-15-19(23)18-16(25-20(14)15)10-26(21(18)27)12-4-2-5-12/h3,6-10,12,27H,2,4-5,23H2,1H3. The third-order valence-electron chi connectivity index (χ3n) is 5.62. The van der Waals surface area contributed by atoms with Crippen LogP contribution in [0.5, 0.6) is 5.88 Å². The van der Waals surface area contributed by atoms with E-state index in [1.165, 1.54) is 12.5 Å². The molecule has 0 bridgehead atoms. The van der Waals surface area contributed by atoms with Crippen LogP contribution in [0.25, 0.3) is 32.9 Å². The van der Waals surface area contributed by atoms with E-state index in [2.05, 4.69) is 4.98 Å². The molecule has 4 aromatic rings. The summed E-state index contributed by atoms with van der Waals surface area (Å²) >= 11 is 0. The van der Waals surface area contributed by atoms with Crippen molar-refractivity contribution in [1.29, 1.82) is 0 Å². The van der Waals surface area contributed by atoms with Gasteiger partial charge in [-0.3, -0.25) is 0 Å². The molecule has 0 aliphatic heterocycles. The van der Waals surface area contributed by atoms with Gasteiger partial charge < -0.3 is 15.4 Å². The quantitative estimate of drug-likeness (QED) is 0.506. The predicted molar refractivity (Wildman–Crippen MR) is 104 cm³/mol. The van der Waals surface area contributed by atoms with Gasteiger partial charge >= 0.3 is 0 Å². The van der Waals surface area contributed by atoms with E-state index in [9.17, 15) is 9.50 Å². The number of aromatic nitrogens is 3. The maximum atomic E-state index is 13.4. The van der Waals surface area contributed by atoms with Gasteiger partial charge in [-0.05, 0) is 38.3 Å². The second-order valence-corrected chi connectivity index (χ2v) is 7.20. The number of nitrogens with two attached hydrogens (primary N) is 1. The van der Waals surface area contributed by atoms with Crippen LogP contribution >= 0.6 is 0 Å². The molecule has 3 heterocycles. The molecule has 6 heteroatoms. The number of hydrogen-bond donors (Lipinski definition) is 2. The topological polar surface area (TPSA) is 77.0 Å². The number of rotatable bonds is 2. The Kier molecular flexibility index (Phi) is 3.37. The lowest BCUT2D eigenvalue weighted by molar-refractivity contribution is 0.283. The first-order valence-corrected chi connectivity index (χ1v) is 9.10. The van der Waals surface area contributed by atoms with Gasteiger partial charge in [0.05, 0.1) is 22.1 Å². The van der Waals surface area contributed by atoms with Crippen LogP contribution in [0.4, 0.5) is 10.1 Å². The van der Waals surface area contributed by atoms with E-state index in [-0.39, 0.29) is 5.88 Å². The summed E-state index contributed by atoms with van der Waals surface area (Å²) in [6.45, 7) is 1.78. The molecule has 5 rings (SSSR count). The molecule has 136 valence electrons. The van der Waals surface area contributed by atoms with Crippen LogP contribution in [0.3, 0.4) is 0 Å². The monoisotopic (exact) mass is 362 g/mol. The molecule has 0 amide bonds. The number of aromatic hydroxyl groups is 1. The second-order valence-electron chi connectivity index (χ2n) is 7.20. The van der Waals surface area contributed by atoms with Crippen molar-refractivity contribution < 1.29 is 9.50 Å². The highest BCUT2D eigenvalue weighted by molar-refractivity contribution is 6.12. The second kappa shape index (κ2) is 5.67. The number of fused-ring (bicyclic) bond motifs is 2. The van der Waals surface area contributed by atoms with Crippen LogP contribution in [0.15, 0.2) is 36.5 Å². The van der Waals surface area contributed by atoms with Crippen molar-refractivity contribution in [3.05, 3.63) is 48.2 Å². The molecule has 0 atom stereocenters. The summed E-state index contributed by atoms with van der Waals surface area (Å²) in [6.07, 6.45) is 5.17. The molecule has 1 fully saturated rings. The third-order valence-corrected chi connectivity index (χ3v) is 5.62. The number of benzene rings is 1. The lowest BCUT2D eigenvalue weighted by atomic mass is 9.93. The Bertz CT molecular complexity index is 1210. The summed E-state index contributed by atoms with van der Waals surface area (Å²) in [5.41, 5.74) is 10.6. The number of anilines is 1. The van der Waals surface area contributed by atoms with Gasteiger partial charge in [-0.25, -0.2) is 9.97 Å². The van der Waals surface area contributed by atoms with Gasteiger partial charge in [0.15, 0.2) is 0 Å². The number of pyridine rings is 2. The lowest BCUT2D eigenvalue weighted by Crippen LogP contribution is -2.15. The summed E-state index contributed by atoms with van der Waals surface area (Å²) in [5, 5.41) is 12.1. The van der Waals surface area contributed by atoms with Crippen molar-refractivity contribution in [2.45, 2.75) is 32.2 Å². The Morgan fingerprint density at radius 1 is 1.15 bits per heavy atom. The van der Waals surface area contributed by atoms with Crippen LogP contribution in [-0.2, 0) is 0 Å². The first kappa shape index (κ1) is 16.1. The molecular weight excluding hydrogens is 343 g/mol. The van der Waals surface area contributed by atoms with Gasteiger partial charge in [0.25, 0.3) is 0 Å². The molecule has 1 aromatic carbocycles. The zero-order valence-corrected chi connectivity index (χ0v) is 14.9. The Morgan fingerprint density at radius 2 is 1.96 bits per heavy atom. The van der Waals surface area contributed by atoms with Gasteiger partial charge in [0.2, 0.25) is 11.8 Å². The molecule has 0 saturated heterocycles. The molecule has 3 N–H and O–H groups in total. The summed E-state index contributed by atoms with van der Waals surface area (Å²) in [5.74, 6) is -0.319. The van der Waals surface area contributed by atoms with E-state index in [1.807, 2.05) is 29.0 Å². The van der Waals surface area contributed by atoms with Crippen molar-refractivity contribution in [3.8, 4) is 17.0 Å². The molecule has 27 heavy (non-hydrogen) atoms. The average molecular weight is 362 g/mol. The zero-order valence-electron chi connectivity index (χ0n) is 14.9. The Hall–Kier alpha value is -3.15. The van der Waals surface area contributed by atoms with Gasteiger partial charge in [0.1, 0.15) is 0 Å². The maximum absolute atomic E-state index is 13.4. The molecular formula is C21H19FN4O. The van der Waals surface area contributed by atoms with E-state index in [0.29, 0.717) is 28.3 Å². The van der Waals surface area contributed by atoms with E-state index < -0.39 is 5.95 Å². The van der Waals surface area contributed by atoms with E-state index in [4.69, 9.17) is 10.7 Å². The van der Waals surface area contributed by atoms with Crippen molar-refractivity contribution in [2.75, 3.05) is 5.73 Å². The minimum Gasteiger partial charge on any atom is -0.494 e. The number of nitrogen functional groups attached to an aromatic ring is 1. The van der Waals surface area contributed by atoms with Crippen LogP contribution < -0.4 is 5.73 Å². The van der Waals surface area contributed by atoms with Gasteiger partial charge in [-0.2, -0.15) is 4.39 Å². The summed E-state index contributed by atoms with van der Waals surface area (Å²) in [4.78, 5) is 8.75. The van der Waals surface area contributed by atoms with Crippen molar-refractivity contribution in [1.82, 2.24) is 14.5 Å². The SMILES string of the molecule is Cc1nc(F)ccc1-c1cccc2c(N)c3c(O)n(C4CCC4)cc3nc12. The normalized spacial score (nSPS) is 14.7. The molecule has 0 radical (unpaired) electrons. The molecule has 1 saturated carbocycles. The Labute approximate surface area is 155 Å². The average Bonchev–Trinajstić information content (AvgIpc) is 2.90. The Balaban J connectivity index is 1.81. The highest BCUT2D eigenvalue weighted by atomic mass is 19.1. The predicted octanol–water partition coefficient (Wildman–Crippen LogP) is 4.71. The first-order chi connectivity index (χ1) is 13.0. The Morgan fingerprint density at radius 3 is 2.67 bits per heavy atom. The highest BCUT2D eigenvalue weighted by Crippen LogP contribution is 2.43. The van der Waals surface area contributed by atoms with Crippen molar-refractivity contribution >= 4 is 27.5 Å². The number of halogens is 1. The minimum absolute atomic E-state index is 0.187. The van der Waals surface area contributed by atoms with Crippen molar-refractivity contribution in [3.63, 3.8) is 0 Å². The van der Waals surface area contributed by atoms with Crippen LogP contribution in [-0.4, -0.2) is 19.6 Å². The number of para-hydroxylation sites is 1. The summed E-state index contributed by atoms with van der Waals surface area (Å²) in [6, 6.07) is 9.10. The fourth-order valence-electron chi connectivity index (χ4n) is 3.96. The molecule has 1 aliphatic rings. The van der Waals surface area contributed by atoms with E-state index >= 15 is 0 Å². The minimum atomic E-state index is -0.506. The highest BCUT2D eigenvalue weighted by Gasteiger charge is 2.25.